The number of aromatic nitrogens is 1. The van der Waals surface area contributed by atoms with Crippen molar-refractivity contribution in [3.8, 4) is 11.5 Å². The monoisotopic (exact) mass is 580 g/mol. The van der Waals surface area contributed by atoms with Gasteiger partial charge < -0.3 is 4.74 Å². The standard InChI is InChI=1S/C22H23Cl2FN2O5S3/c1-34(28,29)9-5-3-2-4-6-15-10-16(23)7-8-19(15)32-20-12-18(25)21(11-17(20)24)35(30,31)27-22-13-33-14-26-22/h7-8,10-14,27H,2-6,9H2,1H3. The zero-order valence-corrected chi connectivity index (χ0v) is 22.6. The molecule has 1 N–H and O–H groups in total. The number of hydrogen-bond acceptors (Lipinski definition) is 7. The number of benzene rings is 2. The summed E-state index contributed by atoms with van der Waals surface area (Å²) in [4.78, 5) is 3.20. The van der Waals surface area contributed by atoms with Gasteiger partial charge in [-0.2, -0.15) is 0 Å². The number of nitrogens with zero attached hydrogens (tertiary/aromatic N) is 1. The third kappa shape index (κ3) is 8.32. The van der Waals surface area contributed by atoms with Gasteiger partial charge in [0.2, 0.25) is 0 Å². The lowest BCUT2D eigenvalue weighted by molar-refractivity contribution is 0.466. The van der Waals surface area contributed by atoms with Crippen molar-refractivity contribution in [1.82, 2.24) is 4.98 Å². The van der Waals surface area contributed by atoms with Crippen LogP contribution in [0.2, 0.25) is 10.0 Å². The number of anilines is 1. The maximum Gasteiger partial charge on any atom is 0.266 e. The van der Waals surface area contributed by atoms with Crippen LogP contribution < -0.4 is 9.46 Å². The smallest absolute Gasteiger partial charge is 0.266 e. The van der Waals surface area contributed by atoms with Crippen LogP contribution in [0.1, 0.15) is 31.2 Å². The first-order valence-corrected chi connectivity index (χ1v) is 15.7. The van der Waals surface area contributed by atoms with Crippen LogP contribution >= 0.6 is 34.5 Å². The van der Waals surface area contributed by atoms with E-state index in [1.165, 1.54) is 28.5 Å². The van der Waals surface area contributed by atoms with Gasteiger partial charge >= 0.3 is 0 Å². The Morgan fingerprint density at radius 3 is 2.46 bits per heavy atom. The molecule has 190 valence electrons. The molecule has 0 atom stereocenters. The van der Waals surface area contributed by atoms with Gasteiger partial charge in [0.25, 0.3) is 10.0 Å². The summed E-state index contributed by atoms with van der Waals surface area (Å²) in [7, 11) is -7.21. The molecule has 0 radical (unpaired) electrons. The number of sulfone groups is 1. The second-order valence-electron chi connectivity index (χ2n) is 7.84. The molecule has 7 nitrogen and oxygen atoms in total. The highest BCUT2D eigenvalue weighted by Crippen LogP contribution is 2.36. The molecule has 3 rings (SSSR count). The number of ether oxygens (including phenoxy) is 1. The van der Waals surface area contributed by atoms with Gasteiger partial charge in [-0.15, -0.1) is 11.3 Å². The number of rotatable bonds is 12. The van der Waals surface area contributed by atoms with Crippen LogP contribution in [-0.4, -0.2) is 33.8 Å². The number of thiazole rings is 1. The summed E-state index contributed by atoms with van der Waals surface area (Å²) in [5.41, 5.74) is 2.20. The fourth-order valence-corrected chi connectivity index (χ4v) is 6.08. The van der Waals surface area contributed by atoms with Crippen molar-refractivity contribution in [2.24, 2.45) is 0 Å². The van der Waals surface area contributed by atoms with E-state index in [0.29, 0.717) is 23.6 Å². The summed E-state index contributed by atoms with van der Waals surface area (Å²) >= 11 is 13.6. The Hall–Kier alpha value is -1.92. The lowest BCUT2D eigenvalue weighted by Gasteiger charge is -2.14. The number of hydrogen-bond donors (Lipinski definition) is 1. The zero-order valence-electron chi connectivity index (χ0n) is 18.6. The second kappa shape index (κ2) is 11.9. The Bertz CT molecular complexity index is 1380. The minimum atomic E-state index is -4.24. The molecule has 35 heavy (non-hydrogen) atoms. The van der Waals surface area contributed by atoms with Crippen molar-refractivity contribution in [2.45, 2.75) is 37.0 Å². The molecule has 0 amide bonds. The van der Waals surface area contributed by atoms with Gasteiger partial charge in [-0.05, 0) is 49.1 Å². The minimum Gasteiger partial charge on any atom is -0.455 e. The first-order chi connectivity index (χ1) is 16.4. The molecule has 1 heterocycles. The highest BCUT2D eigenvalue weighted by molar-refractivity contribution is 7.92. The van der Waals surface area contributed by atoms with E-state index in [0.717, 1.165) is 37.0 Å². The van der Waals surface area contributed by atoms with Crippen molar-refractivity contribution in [3.63, 3.8) is 0 Å². The maximum absolute atomic E-state index is 14.8. The van der Waals surface area contributed by atoms with Crippen LogP contribution in [0.25, 0.3) is 0 Å². The van der Waals surface area contributed by atoms with Gasteiger partial charge in [-0.3, -0.25) is 4.72 Å². The lowest BCUT2D eigenvalue weighted by Crippen LogP contribution is -2.15. The van der Waals surface area contributed by atoms with Crippen molar-refractivity contribution >= 4 is 60.2 Å². The van der Waals surface area contributed by atoms with Crippen LogP contribution in [0, 0.1) is 5.82 Å². The molecule has 0 bridgehead atoms. The highest BCUT2D eigenvalue weighted by Gasteiger charge is 2.23. The van der Waals surface area contributed by atoms with E-state index in [2.05, 4.69) is 9.71 Å². The van der Waals surface area contributed by atoms with Gasteiger partial charge in [-0.1, -0.05) is 36.0 Å². The highest BCUT2D eigenvalue weighted by atomic mass is 35.5. The Balaban J connectivity index is 1.72. The molecule has 1 aromatic heterocycles. The summed E-state index contributed by atoms with van der Waals surface area (Å²) in [5, 5.41) is 1.88. The first-order valence-electron chi connectivity index (χ1n) is 10.5. The summed E-state index contributed by atoms with van der Waals surface area (Å²) in [6, 6.07) is 6.88. The summed E-state index contributed by atoms with van der Waals surface area (Å²) < 4.78 is 70.4. The third-order valence-corrected chi connectivity index (χ3v) is 8.42. The van der Waals surface area contributed by atoms with E-state index in [4.69, 9.17) is 27.9 Å². The van der Waals surface area contributed by atoms with Crippen LogP contribution in [0.15, 0.2) is 46.1 Å². The lowest BCUT2D eigenvalue weighted by atomic mass is 10.1. The normalized spacial score (nSPS) is 12.0. The Morgan fingerprint density at radius 2 is 1.77 bits per heavy atom. The second-order valence-corrected chi connectivity index (χ2v) is 13.3. The molecule has 13 heteroatoms. The van der Waals surface area contributed by atoms with Gasteiger partial charge in [0.1, 0.15) is 32.0 Å². The first kappa shape index (κ1) is 27.7. The average Bonchev–Trinajstić information content (AvgIpc) is 3.26. The fourth-order valence-electron chi connectivity index (χ4n) is 3.24. The summed E-state index contributed by atoms with van der Waals surface area (Å²) in [6.07, 6.45) is 4.76. The molecular weight excluding hydrogens is 558 g/mol. The Morgan fingerprint density at radius 1 is 1.03 bits per heavy atom. The molecule has 3 aromatic rings. The predicted octanol–water partition coefficient (Wildman–Crippen LogP) is 6.33. The van der Waals surface area contributed by atoms with Gasteiger partial charge in [-0.25, -0.2) is 26.2 Å². The predicted molar refractivity (Wildman–Crippen MR) is 138 cm³/mol. The van der Waals surface area contributed by atoms with E-state index < -0.39 is 30.6 Å². The van der Waals surface area contributed by atoms with Gasteiger partial charge in [0.05, 0.1) is 10.5 Å². The fraction of sp³-hybridized carbons (Fsp3) is 0.318. The SMILES string of the molecule is CS(=O)(=O)CCCCCCc1cc(Cl)ccc1Oc1cc(F)c(S(=O)(=O)Nc2cscn2)cc1Cl. The molecule has 0 aliphatic heterocycles. The summed E-state index contributed by atoms with van der Waals surface area (Å²) in [5.74, 6) is -0.439. The molecule has 0 spiro atoms. The number of nitrogens with one attached hydrogen (secondary N) is 1. The largest absolute Gasteiger partial charge is 0.455 e. The molecule has 0 saturated heterocycles. The van der Waals surface area contributed by atoms with E-state index in [1.807, 2.05) is 0 Å². The topological polar surface area (TPSA) is 102 Å². The molecule has 0 fully saturated rings. The van der Waals surface area contributed by atoms with Crippen molar-refractivity contribution in [1.29, 1.82) is 0 Å². The van der Waals surface area contributed by atoms with E-state index in [1.54, 1.807) is 18.2 Å². The molecular formula is C22H23Cl2FN2O5S3. The average molecular weight is 582 g/mol. The molecule has 0 aliphatic rings. The minimum absolute atomic E-state index is 0.0477. The van der Waals surface area contributed by atoms with E-state index in [-0.39, 0.29) is 22.3 Å². The Labute approximate surface area is 218 Å². The maximum atomic E-state index is 14.8. The van der Waals surface area contributed by atoms with Crippen molar-refractivity contribution < 1.29 is 26.0 Å². The van der Waals surface area contributed by atoms with E-state index >= 15 is 0 Å². The van der Waals surface area contributed by atoms with Crippen LogP contribution in [0.4, 0.5) is 10.2 Å². The molecule has 0 aliphatic carbocycles. The summed E-state index contributed by atoms with van der Waals surface area (Å²) in [6.45, 7) is 0. The van der Waals surface area contributed by atoms with Crippen LogP contribution in [0.3, 0.4) is 0 Å². The van der Waals surface area contributed by atoms with Crippen LogP contribution in [0.5, 0.6) is 11.5 Å². The molecule has 2 aromatic carbocycles. The van der Waals surface area contributed by atoms with Crippen molar-refractivity contribution in [2.75, 3.05) is 16.7 Å². The number of sulfonamides is 1. The number of unbranched alkanes of at least 4 members (excludes halogenated alkanes) is 3. The number of aryl methyl sites for hydroxylation is 1. The molecule has 0 saturated carbocycles. The Kier molecular flexibility index (Phi) is 9.39. The van der Waals surface area contributed by atoms with Crippen LogP contribution in [-0.2, 0) is 26.3 Å². The van der Waals surface area contributed by atoms with Gasteiger partial charge in [0, 0.05) is 28.5 Å². The zero-order chi connectivity index (χ0) is 25.6. The third-order valence-electron chi connectivity index (χ3n) is 4.90. The van der Waals surface area contributed by atoms with Gasteiger partial charge in [0.15, 0.2) is 5.82 Å². The number of halogens is 3. The quantitative estimate of drug-likeness (QED) is 0.251. The van der Waals surface area contributed by atoms with E-state index in [9.17, 15) is 21.2 Å². The van der Waals surface area contributed by atoms with Crippen molar-refractivity contribution in [3.05, 3.63) is 62.6 Å². The molecule has 0 unspecified atom stereocenters.